The minimum Gasteiger partial charge on any atom is -0.277 e. The summed E-state index contributed by atoms with van der Waals surface area (Å²) in [7, 11) is 0. The van der Waals surface area contributed by atoms with Crippen LogP contribution in [-0.2, 0) is 0 Å². The Bertz CT molecular complexity index is 2650. The van der Waals surface area contributed by atoms with Crippen molar-refractivity contribution in [1.82, 2.24) is 19.5 Å². The summed E-state index contributed by atoms with van der Waals surface area (Å²) < 4.78 is 39.5. The lowest BCUT2D eigenvalue weighted by Gasteiger charge is -2.11. The largest absolute Gasteiger partial charge is 0.277 e. The third kappa shape index (κ3) is 3.87. The Kier molecular flexibility index (Phi) is 4.78. The molecule has 0 bridgehead atoms. The summed E-state index contributed by atoms with van der Waals surface area (Å²) in [5, 5.41) is 3.11. The van der Waals surface area contributed by atoms with Crippen LogP contribution in [0.25, 0.3) is 81.8 Å². The molecule has 0 aliphatic heterocycles. The lowest BCUT2D eigenvalue weighted by Crippen LogP contribution is -2.06. The molecule has 206 valence electrons. The van der Waals surface area contributed by atoms with Crippen LogP contribution in [0.1, 0.15) is 5.48 Å². The Morgan fingerprint density at radius 1 is 0.545 bits per heavy atom. The van der Waals surface area contributed by atoms with E-state index >= 15 is 0 Å². The smallest absolute Gasteiger partial charge is 0.238 e. The Hall–Kier alpha value is -5.65. The van der Waals surface area contributed by atoms with Crippen LogP contribution in [0.3, 0.4) is 0 Å². The molecule has 0 atom stereocenters. The maximum Gasteiger partial charge on any atom is 0.238 e. The van der Waals surface area contributed by atoms with Crippen molar-refractivity contribution in [2.24, 2.45) is 0 Å². The van der Waals surface area contributed by atoms with Crippen LogP contribution in [0.4, 0.5) is 0 Å². The molecule has 0 saturated heterocycles. The average molecular weight is 585 g/mol. The van der Waals surface area contributed by atoms with Gasteiger partial charge in [0.05, 0.1) is 16.5 Å². The van der Waals surface area contributed by atoms with Crippen molar-refractivity contribution >= 4 is 53.3 Å². The first-order chi connectivity index (χ1) is 23.5. The van der Waals surface area contributed by atoms with E-state index in [-0.39, 0.29) is 30.1 Å². The van der Waals surface area contributed by atoms with Gasteiger partial charge in [-0.2, -0.15) is 9.97 Å². The van der Waals surface area contributed by atoms with Crippen LogP contribution in [-0.4, -0.2) is 19.5 Å². The molecule has 0 spiro atoms. The summed E-state index contributed by atoms with van der Waals surface area (Å²) in [6.45, 7) is 0. The minimum atomic E-state index is -0.310. The first-order valence-electron chi connectivity index (χ1n) is 16.3. The van der Waals surface area contributed by atoms with Gasteiger partial charge in [-0.25, -0.2) is 4.98 Å². The molecule has 0 fully saturated rings. The molecule has 0 unspecified atom stereocenters. The minimum absolute atomic E-state index is 0.0979. The Labute approximate surface area is 263 Å². The normalized spacial score (nSPS) is 12.9. The summed E-state index contributed by atoms with van der Waals surface area (Å²) in [4.78, 5) is 14.9. The molecular weight excluding hydrogens is 557 g/mol. The van der Waals surface area contributed by atoms with E-state index in [1.54, 1.807) is 11.3 Å². The average Bonchev–Trinajstić information content (AvgIpc) is 3.70. The summed E-state index contributed by atoms with van der Waals surface area (Å²) in [6.07, 6.45) is 0. The molecule has 9 rings (SSSR count). The number of hydrogen-bond acceptors (Lipinski definition) is 4. The van der Waals surface area contributed by atoms with Gasteiger partial charge in [0.15, 0.2) is 11.6 Å². The zero-order chi connectivity index (χ0) is 32.5. The first-order valence-corrected chi connectivity index (χ1v) is 15.1. The van der Waals surface area contributed by atoms with Gasteiger partial charge in [-0.05, 0) is 23.2 Å². The monoisotopic (exact) mass is 584 g/mol. The second-order valence-corrected chi connectivity index (χ2v) is 11.6. The fourth-order valence-electron chi connectivity index (χ4n) is 6.03. The van der Waals surface area contributed by atoms with Crippen molar-refractivity contribution in [2.45, 2.75) is 0 Å². The van der Waals surface area contributed by atoms with E-state index in [1.165, 1.54) is 0 Å². The van der Waals surface area contributed by atoms with Gasteiger partial charge in [-0.15, -0.1) is 11.3 Å². The quantitative estimate of drug-likeness (QED) is 0.207. The van der Waals surface area contributed by atoms with Crippen molar-refractivity contribution in [3.05, 3.63) is 145 Å². The maximum absolute atomic E-state index is 9.18. The molecular formula is C39H24N4S. The second kappa shape index (κ2) is 9.97. The Morgan fingerprint density at radius 3 is 1.86 bits per heavy atom. The molecule has 0 radical (unpaired) electrons. The van der Waals surface area contributed by atoms with Crippen LogP contribution < -0.4 is 0 Å². The highest BCUT2D eigenvalue weighted by Crippen LogP contribution is 2.45. The van der Waals surface area contributed by atoms with Gasteiger partial charge < -0.3 is 0 Å². The van der Waals surface area contributed by atoms with Gasteiger partial charge in [-0.1, -0.05) is 133 Å². The van der Waals surface area contributed by atoms with E-state index in [9.17, 15) is 1.37 Å². The van der Waals surface area contributed by atoms with E-state index in [4.69, 9.17) is 19.1 Å². The van der Waals surface area contributed by atoms with Gasteiger partial charge in [0.1, 0.15) is 0 Å². The molecule has 3 aromatic heterocycles. The number of hydrogen-bond donors (Lipinski definition) is 0. The number of thiophene rings is 1. The van der Waals surface area contributed by atoms with Gasteiger partial charge in [-0.3, -0.25) is 4.57 Å². The molecule has 0 N–H and O–H groups in total. The summed E-state index contributed by atoms with van der Waals surface area (Å²) in [6, 6.07) is 39.2. The number of rotatable bonds is 4. The highest BCUT2D eigenvalue weighted by molar-refractivity contribution is 7.26. The maximum atomic E-state index is 9.18. The predicted molar refractivity (Wildman–Crippen MR) is 183 cm³/mol. The van der Waals surface area contributed by atoms with Crippen LogP contribution in [0, 0.1) is 0 Å². The molecule has 5 heteroatoms. The number of para-hydroxylation sites is 1. The van der Waals surface area contributed by atoms with Crippen LogP contribution >= 0.6 is 11.3 Å². The van der Waals surface area contributed by atoms with Crippen LogP contribution in [0.2, 0.25) is 0 Å². The standard InChI is InChI=1S/C39H24N4S/c1-4-13-25(14-5-1)28-20-12-21-31-34-33(44-36(28)31)24-23-30-29-19-10-11-22-32(29)43(35(30)34)39-41-37(26-15-6-2-7-16-26)40-38(42-39)27-17-8-3-9-18-27/h1-24H/i10D,11D,19D,22D. The third-order valence-corrected chi connectivity index (χ3v) is 9.20. The first kappa shape index (κ1) is 21.1. The summed E-state index contributed by atoms with van der Waals surface area (Å²) in [5.41, 5.74) is 4.90. The molecule has 44 heavy (non-hydrogen) atoms. The molecule has 9 aromatic rings. The zero-order valence-electron chi connectivity index (χ0n) is 27.2. The molecule has 0 aliphatic carbocycles. The van der Waals surface area contributed by atoms with E-state index in [0.29, 0.717) is 27.9 Å². The third-order valence-electron chi connectivity index (χ3n) is 7.99. The second-order valence-electron chi connectivity index (χ2n) is 10.6. The number of aromatic nitrogens is 4. The van der Waals surface area contributed by atoms with E-state index in [1.807, 2.05) is 89.5 Å². The molecule has 0 saturated carbocycles. The van der Waals surface area contributed by atoms with E-state index in [0.717, 1.165) is 47.9 Å². The fraction of sp³-hybridized carbons (Fsp3) is 0. The van der Waals surface area contributed by atoms with Crippen molar-refractivity contribution in [2.75, 3.05) is 0 Å². The lowest BCUT2D eigenvalue weighted by atomic mass is 10.0. The van der Waals surface area contributed by atoms with Gasteiger partial charge in [0.25, 0.3) is 0 Å². The van der Waals surface area contributed by atoms with Gasteiger partial charge >= 0.3 is 0 Å². The highest BCUT2D eigenvalue weighted by atomic mass is 32.1. The Morgan fingerprint density at radius 2 is 1.18 bits per heavy atom. The van der Waals surface area contributed by atoms with Gasteiger partial charge in [0.2, 0.25) is 5.95 Å². The summed E-state index contributed by atoms with van der Waals surface area (Å²) in [5.74, 6) is 1.20. The van der Waals surface area contributed by atoms with Crippen molar-refractivity contribution < 1.29 is 5.48 Å². The fourth-order valence-corrected chi connectivity index (χ4v) is 7.27. The van der Waals surface area contributed by atoms with Crippen LogP contribution in [0.5, 0.6) is 0 Å². The molecule has 0 aliphatic rings. The van der Waals surface area contributed by atoms with Crippen LogP contribution in [0.15, 0.2) is 145 Å². The lowest BCUT2D eigenvalue weighted by molar-refractivity contribution is 0.955. The zero-order valence-corrected chi connectivity index (χ0v) is 24.1. The predicted octanol–water partition coefficient (Wildman–Crippen LogP) is 10.3. The molecule has 6 aromatic carbocycles. The highest BCUT2D eigenvalue weighted by Gasteiger charge is 2.22. The number of benzene rings is 6. The molecule has 4 nitrogen and oxygen atoms in total. The van der Waals surface area contributed by atoms with E-state index in [2.05, 4.69) is 36.4 Å². The SMILES string of the molecule is [2H]c1c([2H])c([2H])c2c(c1[2H])c1ccc3sc4c(-c5ccccc5)cccc4c3c1n2-c1nc(-c2ccccc2)nc(-c2ccccc2)n1. The van der Waals surface area contributed by atoms with Crippen molar-refractivity contribution in [1.29, 1.82) is 0 Å². The van der Waals surface area contributed by atoms with E-state index < -0.39 is 0 Å². The number of nitrogens with zero attached hydrogens (tertiary/aromatic N) is 4. The Balaban J connectivity index is 1.48. The van der Waals surface area contributed by atoms with Gasteiger partial charge in [0, 0.05) is 42.1 Å². The molecule has 3 heterocycles. The number of fused-ring (bicyclic) bond motifs is 7. The van der Waals surface area contributed by atoms with Crippen molar-refractivity contribution in [3.8, 4) is 39.9 Å². The summed E-state index contributed by atoms with van der Waals surface area (Å²) >= 11 is 1.69. The topological polar surface area (TPSA) is 43.6 Å². The van der Waals surface area contributed by atoms with Crippen molar-refractivity contribution in [3.63, 3.8) is 0 Å². The molecule has 0 amide bonds.